The average molecular weight is 361 g/mol. The van der Waals surface area contributed by atoms with E-state index in [-0.39, 0.29) is 24.3 Å². The van der Waals surface area contributed by atoms with Crippen LogP contribution in [0.1, 0.15) is 49.1 Å². The summed E-state index contributed by atoms with van der Waals surface area (Å²) < 4.78 is 5.13. The second-order valence-electron chi connectivity index (χ2n) is 7.14. The van der Waals surface area contributed by atoms with Gasteiger partial charge in [0.25, 0.3) is 5.91 Å². The third-order valence-electron chi connectivity index (χ3n) is 5.29. The molecule has 1 aromatic heterocycles. The summed E-state index contributed by atoms with van der Waals surface area (Å²) in [6.45, 7) is 1.94. The summed E-state index contributed by atoms with van der Waals surface area (Å²) >= 11 is 0. The minimum Gasteiger partial charge on any atom is -0.459 e. The van der Waals surface area contributed by atoms with E-state index in [0.29, 0.717) is 44.3 Å². The predicted molar refractivity (Wildman–Crippen MR) is 95.4 cm³/mol. The van der Waals surface area contributed by atoms with Gasteiger partial charge < -0.3 is 19.5 Å². The molecule has 1 aliphatic carbocycles. The minimum atomic E-state index is -0.150. The van der Waals surface area contributed by atoms with Crippen LogP contribution in [-0.4, -0.2) is 60.2 Å². The highest BCUT2D eigenvalue weighted by Gasteiger charge is 2.26. The number of amides is 3. The molecule has 1 aliphatic heterocycles. The lowest BCUT2D eigenvalue weighted by Gasteiger charge is -2.34. The number of piperazine rings is 1. The monoisotopic (exact) mass is 361 g/mol. The van der Waals surface area contributed by atoms with Gasteiger partial charge in [-0.2, -0.15) is 0 Å². The number of hydrogen-bond acceptors (Lipinski definition) is 4. The molecular weight excluding hydrogens is 334 g/mol. The number of carbonyl (C=O) groups excluding carboxylic acids is 3. The van der Waals surface area contributed by atoms with Gasteiger partial charge in [0, 0.05) is 32.6 Å². The fourth-order valence-corrected chi connectivity index (χ4v) is 3.73. The molecule has 1 saturated carbocycles. The van der Waals surface area contributed by atoms with Crippen molar-refractivity contribution in [3.63, 3.8) is 0 Å². The molecule has 0 atom stereocenters. The van der Waals surface area contributed by atoms with Gasteiger partial charge in [-0.05, 0) is 30.9 Å². The molecule has 0 bridgehead atoms. The Labute approximate surface area is 153 Å². The summed E-state index contributed by atoms with van der Waals surface area (Å²) in [5.41, 5.74) is 0. The van der Waals surface area contributed by atoms with Crippen LogP contribution in [0.25, 0.3) is 0 Å². The fraction of sp³-hybridized carbons (Fsp3) is 0.632. The van der Waals surface area contributed by atoms with Gasteiger partial charge >= 0.3 is 0 Å². The number of furan rings is 1. The highest BCUT2D eigenvalue weighted by Crippen LogP contribution is 2.26. The first-order valence-electron chi connectivity index (χ1n) is 9.51. The predicted octanol–water partition coefficient (Wildman–Crippen LogP) is 1.65. The van der Waals surface area contributed by atoms with E-state index in [1.165, 1.54) is 25.5 Å². The molecule has 0 radical (unpaired) electrons. The van der Waals surface area contributed by atoms with E-state index in [2.05, 4.69) is 5.32 Å². The molecule has 1 aromatic rings. The Morgan fingerprint density at radius 2 is 1.73 bits per heavy atom. The Bertz CT molecular complexity index is 615. The zero-order valence-corrected chi connectivity index (χ0v) is 15.1. The first-order valence-corrected chi connectivity index (χ1v) is 9.51. The van der Waals surface area contributed by atoms with Crippen molar-refractivity contribution in [1.29, 1.82) is 0 Å². The molecule has 2 heterocycles. The van der Waals surface area contributed by atoms with Gasteiger partial charge in [-0.25, -0.2) is 0 Å². The van der Waals surface area contributed by atoms with Crippen molar-refractivity contribution < 1.29 is 18.8 Å². The van der Waals surface area contributed by atoms with Crippen LogP contribution in [0.5, 0.6) is 0 Å². The van der Waals surface area contributed by atoms with Crippen molar-refractivity contribution in [1.82, 2.24) is 15.1 Å². The number of nitrogens with one attached hydrogen (secondary N) is 1. The van der Waals surface area contributed by atoms with Crippen molar-refractivity contribution in [2.24, 2.45) is 5.92 Å². The Morgan fingerprint density at radius 3 is 2.38 bits per heavy atom. The topological polar surface area (TPSA) is 82.9 Å². The van der Waals surface area contributed by atoms with E-state index >= 15 is 0 Å². The third kappa shape index (κ3) is 4.86. The smallest absolute Gasteiger partial charge is 0.289 e. The molecular formula is C19H27N3O4. The SMILES string of the molecule is O=C(CC1CCCCC1)NCC(=O)N1CCN(C(=O)c2ccco2)CC1. The molecule has 0 spiro atoms. The second-order valence-corrected chi connectivity index (χ2v) is 7.14. The van der Waals surface area contributed by atoms with Gasteiger partial charge in [0.1, 0.15) is 0 Å². The average Bonchev–Trinajstić information content (AvgIpc) is 3.21. The Morgan fingerprint density at radius 1 is 1.04 bits per heavy atom. The highest BCUT2D eigenvalue weighted by atomic mass is 16.3. The summed E-state index contributed by atoms with van der Waals surface area (Å²) in [5.74, 6) is 0.515. The van der Waals surface area contributed by atoms with Crippen LogP contribution in [0, 0.1) is 5.92 Å². The van der Waals surface area contributed by atoms with Crippen LogP contribution in [0.4, 0.5) is 0 Å². The van der Waals surface area contributed by atoms with E-state index in [1.54, 1.807) is 21.9 Å². The maximum absolute atomic E-state index is 12.3. The number of hydrogen-bond donors (Lipinski definition) is 1. The molecule has 1 saturated heterocycles. The van der Waals surface area contributed by atoms with E-state index in [4.69, 9.17) is 4.42 Å². The van der Waals surface area contributed by atoms with Gasteiger partial charge in [-0.15, -0.1) is 0 Å². The molecule has 142 valence electrons. The fourth-order valence-electron chi connectivity index (χ4n) is 3.73. The number of carbonyl (C=O) groups is 3. The maximum atomic E-state index is 12.3. The van der Waals surface area contributed by atoms with E-state index in [1.807, 2.05) is 0 Å². The second kappa shape index (κ2) is 8.87. The van der Waals surface area contributed by atoms with Crippen molar-refractivity contribution in [2.75, 3.05) is 32.7 Å². The van der Waals surface area contributed by atoms with E-state index in [0.717, 1.165) is 12.8 Å². The Balaban J connectivity index is 1.36. The summed E-state index contributed by atoms with van der Waals surface area (Å²) in [4.78, 5) is 39.9. The molecule has 2 fully saturated rings. The molecule has 7 heteroatoms. The summed E-state index contributed by atoms with van der Waals surface area (Å²) in [5, 5.41) is 2.76. The number of rotatable bonds is 5. The van der Waals surface area contributed by atoms with Crippen LogP contribution >= 0.6 is 0 Å². The van der Waals surface area contributed by atoms with Crippen molar-refractivity contribution >= 4 is 17.7 Å². The summed E-state index contributed by atoms with van der Waals surface area (Å²) in [6, 6.07) is 3.32. The molecule has 0 aromatic carbocycles. The first-order chi connectivity index (χ1) is 12.6. The van der Waals surface area contributed by atoms with Gasteiger partial charge in [0.2, 0.25) is 11.8 Å². The molecule has 1 N–H and O–H groups in total. The summed E-state index contributed by atoms with van der Waals surface area (Å²) in [6.07, 6.45) is 7.92. The lowest BCUT2D eigenvalue weighted by atomic mass is 9.87. The van der Waals surface area contributed by atoms with Gasteiger partial charge in [-0.1, -0.05) is 19.3 Å². The zero-order valence-electron chi connectivity index (χ0n) is 15.1. The molecule has 3 amide bonds. The third-order valence-corrected chi connectivity index (χ3v) is 5.29. The lowest BCUT2D eigenvalue weighted by Crippen LogP contribution is -2.52. The van der Waals surface area contributed by atoms with E-state index < -0.39 is 0 Å². The van der Waals surface area contributed by atoms with Gasteiger partial charge in [-0.3, -0.25) is 14.4 Å². The van der Waals surface area contributed by atoms with Gasteiger partial charge in [0.05, 0.1) is 12.8 Å². The Hall–Kier alpha value is -2.31. The molecule has 2 aliphatic rings. The highest BCUT2D eigenvalue weighted by molar-refractivity contribution is 5.91. The van der Waals surface area contributed by atoms with Crippen LogP contribution in [0.15, 0.2) is 22.8 Å². The van der Waals surface area contributed by atoms with Crippen molar-refractivity contribution in [2.45, 2.75) is 38.5 Å². The zero-order chi connectivity index (χ0) is 18.4. The Kier molecular flexibility index (Phi) is 6.30. The lowest BCUT2D eigenvalue weighted by molar-refractivity contribution is -0.134. The van der Waals surface area contributed by atoms with Crippen molar-refractivity contribution in [3.05, 3.63) is 24.2 Å². The van der Waals surface area contributed by atoms with Crippen LogP contribution < -0.4 is 5.32 Å². The largest absolute Gasteiger partial charge is 0.459 e. The maximum Gasteiger partial charge on any atom is 0.289 e. The normalized spacial score (nSPS) is 18.6. The minimum absolute atomic E-state index is 0.0307. The van der Waals surface area contributed by atoms with Crippen LogP contribution in [-0.2, 0) is 9.59 Å². The molecule has 0 unspecified atom stereocenters. The molecule has 3 rings (SSSR count). The molecule has 26 heavy (non-hydrogen) atoms. The van der Waals surface area contributed by atoms with Gasteiger partial charge in [0.15, 0.2) is 5.76 Å². The van der Waals surface area contributed by atoms with Crippen LogP contribution in [0.3, 0.4) is 0 Å². The number of nitrogens with zero attached hydrogens (tertiary/aromatic N) is 2. The molecule has 7 nitrogen and oxygen atoms in total. The van der Waals surface area contributed by atoms with Crippen molar-refractivity contribution in [3.8, 4) is 0 Å². The van der Waals surface area contributed by atoms with E-state index in [9.17, 15) is 14.4 Å². The summed E-state index contributed by atoms with van der Waals surface area (Å²) in [7, 11) is 0. The van der Waals surface area contributed by atoms with Crippen LogP contribution in [0.2, 0.25) is 0 Å². The standard InChI is InChI=1S/C19H27N3O4/c23-17(13-15-5-2-1-3-6-15)20-14-18(24)21-8-10-22(11-9-21)19(25)16-7-4-12-26-16/h4,7,12,15H,1-3,5-6,8-11,13-14H2,(H,20,23). The first kappa shape index (κ1) is 18.5. The quantitative estimate of drug-likeness (QED) is 0.864.